The van der Waals surface area contributed by atoms with Crippen LogP contribution in [0.5, 0.6) is 0 Å². The molecule has 0 amide bonds. The maximum absolute atomic E-state index is 10.4. The molecule has 0 rings (SSSR count). The van der Waals surface area contributed by atoms with Crippen LogP contribution in [-0.2, 0) is 25.9 Å². The number of hydrogen-bond acceptors (Lipinski definition) is 1. The Morgan fingerprint density at radius 3 is 2.09 bits per heavy atom. The van der Waals surface area contributed by atoms with E-state index in [2.05, 4.69) is 6.92 Å². The van der Waals surface area contributed by atoms with E-state index in [-0.39, 0.29) is 26.5 Å². The number of unbranched alkanes of at least 4 members (excludes halogenated alkanes) is 3. The second-order valence-electron chi connectivity index (χ2n) is 2.51. The molecule has 0 unspecified atom stereocenters. The molecule has 2 nitrogen and oxygen atoms in total. The Balaban J connectivity index is -0.000000320. The molecule has 0 spiro atoms. The summed E-state index contributed by atoms with van der Waals surface area (Å²) in [5.74, 6) is 0.325. The Labute approximate surface area is 83.3 Å². The van der Waals surface area contributed by atoms with Gasteiger partial charge in [0.1, 0.15) is 5.78 Å². The standard InChI is InChI=1S/C8H16O.Mo.H2O/c1-3-4-5-6-7-8(2)9;;/h3-7H2,1-2H3;;1H2. The summed E-state index contributed by atoms with van der Waals surface area (Å²) in [7, 11) is 0. The summed E-state index contributed by atoms with van der Waals surface area (Å²) in [5.41, 5.74) is 0. The van der Waals surface area contributed by atoms with E-state index in [0.717, 1.165) is 12.8 Å². The summed E-state index contributed by atoms with van der Waals surface area (Å²) in [5, 5.41) is 0. The van der Waals surface area contributed by atoms with Crippen molar-refractivity contribution in [3.8, 4) is 0 Å². The Morgan fingerprint density at radius 2 is 1.73 bits per heavy atom. The molecule has 0 aliphatic rings. The van der Waals surface area contributed by atoms with Crippen LogP contribution in [0.3, 0.4) is 0 Å². The molecule has 0 aliphatic carbocycles. The van der Waals surface area contributed by atoms with E-state index in [1.54, 1.807) is 6.92 Å². The molecule has 11 heavy (non-hydrogen) atoms. The Morgan fingerprint density at radius 1 is 1.18 bits per heavy atom. The molecule has 0 saturated heterocycles. The van der Waals surface area contributed by atoms with Crippen LogP contribution >= 0.6 is 0 Å². The van der Waals surface area contributed by atoms with Gasteiger partial charge in [-0.2, -0.15) is 0 Å². The molecule has 0 saturated carbocycles. The van der Waals surface area contributed by atoms with Crippen molar-refractivity contribution >= 4 is 5.78 Å². The van der Waals surface area contributed by atoms with E-state index in [1.807, 2.05) is 0 Å². The molecule has 0 aromatic heterocycles. The monoisotopic (exact) mass is 244 g/mol. The normalized spacial score (nSPS) is 7.82. The number of carbonyl (C=O) groups excluding carboxylic acids is 1. The van der Waals surface area contributed by atoms with Gasteiger partial charge >= 0.3 is 0 Å². The SMILES string of the molecule is CCCCCCC(C)=O.O.[Mo]. The van der Waals surface area contributed by atoms with Crippen LogP contribution in [-0.4, -0.2) is 11.3 Å². The maximum atomic E-state index is 10.4. The first-order chi connectivity index (χ1) is 4.27. The largest absolute Gasteiger partial charge is 0.412 e. The molecule has 3 heteroatoms. The number of carbonyl (C=O) groups is 1. The van der Waals surface area contributed by atoms with Crippen LogP contribution < -0.4 is 0 Å². The van der Waals surface area contributed by atoms with E-state index in [4.69, 9.17) is 0 Å². The fourth-order valence-electron chi connectivity index (χ4n) is 0.801. The van der Waals surface area contributed by atoms with Crippen molar-refractivity contribution < 1.29 is 31.3 Å². The average molecular weight is 242 g/mol. The van der Waals surface area contributed by atoms with Gasteiger partial charge in [0.25, 0.3) is 0 Å². The maximum Gasteiger partial charge on any atom is 0.129 e. The fraction of sp³-hybridized carbons (Fsp3) is 0.875. The van der Waals surface area contributed by atoms with Crippen molar-refractivity contribution in [2.45, 2.75) is 46.0 Å². The third-order valence-corrected chi connectivity index (χ3v) is 1.38. The third kappa shape index (κ3) is 17.9. The van der Waals surface area contributed by atoms with E-state index in [9.17, 15) is 4.79 Å². The third-order valence-electron chi connectivity index (χ3n) is 1.38. The van der Waals surface area contributed by atoms with Crippen molar-refractivity contribution in [2.75, 3.05) is 0 Å². The molecule has 0 radical (unpaired) electrons. The molecule has 68 valence electrons. The van der Waals surface area contributed by atoms with Crippen LogP contribution in [0.15, 0.2) is 0 Å². The minimum Gasteiger partial charge on any atom is -0.412 e. The van der Waals surface area contributed by atoms with Gasteiger partial charge < -0.3 is 10.3 Å². The van der Waals surface area contributed by atoms with Crippen LogP contribution in [0.1, 0.15) is 46.0 Å². The van der Waals surface area contributed by atoms with Gasteiger partial charge in [-0.3, -0.25) is 0 Å². The second kappa shape index (κ2) is 12.9. The Bertz CT molecular complexity index is 84.2. The van der Waals surface area contributed by atoms with E-state index in [0.29, 0.717) is 5.78 Å². The van der Waals surface area contributed by atoms with Gasteiger partial charge in [0.05, 0.1) is 0 Å². The van der Waals surface area contributed by atoms with Crippen molar-refractivity contribution in [1.29, 1.82) is 0 Å². The first-order valence-electron chi connectivity index (χ1n) is 3.76. The summed E-state index contributed by atoms with van der Waals surface area (Å²) in [6.07, 6.45) is 5.60. The molecule has 0 atom stereocenters. The Hall–Kier alpha value is 0.318. The van der Waals surface area contributed by atoms with Gasteiger partial charge in [-0.05, 0) is 13.3 Å². The first kappa shape index (κ1) is 17.4. The van der Waals surface area contributed by atoms with Crippen molar-refractivity contribution in [3.05, 3.63) is 0 Å². The van der Waals surface area contributed by atoms with Gasteiger partial charge in [0.2, 0.25) is 0 Å². The Kier molecular flexibility index (Phi) is 20.5. The smallest absolute Gasteiger partial charge is 0.129 e. The summed E-state index contributed by atoms with van der Waals surface area (Å²) >= 11 is 0. The van der Waals surface area contributed by atoms with Crippen molar-refractivity contribution in [3.63, 3.8) is 0 Å². The van der Waals surface area contributed by atoms with Gasteiger partial charge in [-0.1, -0.05) is 26.2 Å². The second-order valence-corrected chi connectivity index (χ2v) is 2.51. The minimum absolute atomic E-state index is 0. The first-order valence-corrected chi connectivity index (χ1v) is 3.76. The van der Waals surface area contributed by atoms with E-state index >= 15 is 0 Å². The van der Waals surface area contributed by atoms with Gasteiger partial charge in [-0.15, -0.1) is 0 Å². The summed E-state index contributed by atoms with van der Waals surface area (Å²) in [6, 6.07) is 0. The number of ketones is 1. The molecule has 0 bridgehead atoms. The number of Topliss-reactive ketones (excluding diaryl/α,β-unsaturated/α-hetero) is 1. The van der Waals surface area contributed by atoms with Crippen LogP contribution in [0.4, 0.5) is 0 Å². The molecule has 0 fully saturated rings. The molecule has 2 N–H and O–H groups in total. The molecule has 0 aliphatic heterocycles. The summed E-state index contributed by atoms with van der Waals surface area (Å²) in [4.78, 5) is 10.4. The quantitative estimate of drug-likeness (QED) is 0.535. The zero-order chi connectivity index (χ0) is 7.11. The summed E-state index contributed by atoms with van der Waals surface area (Å²) < 4.78 is 0. The molecule has 0 aromatic rings. The van der Waals surface area contributed by atoms with Crippen LogP contribution in [0.25, 0.3) is 0 Å². The van der Waals surface area contributed by atoms with Crippen molar-refractivity contribution in [2.24, 2.45) is 0 Å². The molecular formula is C8H18MoO2. The van der Waals surface area contributed by atoms with Crippen LogP contribution in [0, 0.1) is 0 Å². The number of hydrogen-bond donors (Lipinski definition) is 0. The zero-order valence-corrected chi connectivity index (χ0v) is 9.36. The van der Waals surface area contributed by atoms with Gasteiger partial charge in [-0.25, -0.2) is 0 Å². The predicted molar refractivity (Wildman–Crippen MR) is 43.1 cm³/mol. The topological polar surface area (TPSA) is 48.6 Å². The fourth-order valence-corrected chi connectivity index (χ4v) is 0.801. The minimum atomic E-state index is 0. The van der Waals surface area contributed by atoms with E-state index in [1.165, 1.54) is 19.3 Å². The molecular weight excluding hydrogens is 224 g/mol. The zero-order valence-electron chi connectivity index (χ0n) is 7.35. The number of rotatable bonds is 5. The van der Waals surface area contributed by atoms with Gasteiger partial charge in [0.15, 0.2) is 0 Å². The predicted octanol–water partition coefficient (Wildman–Crippen LogP) is 1.72. The van der Waals surface area contributed by atoms with Crippen LogP contribution in [0.2, 0.25) is 0 Å². The summed E-state index contributed by atoms with van der Waals surface area (Å²) in [6.45, 7) is 3.83. The molecule has 0 aromatic carbocycles. The average Bonchev–Trinajstić information content (AvgIpc) is 1.80. The van der Waals surface area contributed by atoms with E-state index < -0.39 is 0 Å². The van der Waals surface area contributed by atoms with Gasteiger partial charge in [0, 0.05) is 27.5 Å². The molecule has 0 heterocycles. The van der Waals surface area contributed by atoms with Crippen molar-refractivity contribution in [1.82, 2.24) is 0 Å².